The Morgan fingerprint density at radius 3 is 2.79 bits per heavy atom. The number of aryl methyl sites for hydroxylation is 1. The van der Waals surface area contributed by atoms with Crippen LogP contribution in [0.15, 0.2) is 24.3 Å². The molecule has 104 valence electrons. The van der Waals surface area contributed by atoms with Crippen LogP contribution in [0, 0.1) is 6.92 Å². The van der Waals surface area contributed by atoms with Crippen molar-refractivity contribution in [2.75, 3.05) is 20.1 Å². The topological polar surface area (TPSA) is 32.3 Å². The molecular weight excluding hydrogens is 236 g/mol. The molecule has 3 nitrogen and oxygen atoms in total. The van der Waals surface area contributed by atoms with Crippen molar-refractivity contribution in [1.29, 1.82) is 0 Å². The van der Waals surface area contributed by atoms with Crippen molar-refractivity contribution in [2.24, 2.45) is 0 Å². The van der Waals surface area contributed by atoms with Crippen molar-refractivity contribution in [3.63, 3.8) is 0 Å². The Morgan fingerprint density at radius 1 is 1.37 bits per heavy atom. The van der Waals surface area contributed by atoms with Crippen LogP contribution < -0.4 is 5.32 Å². The number of likely N-dealkylation sites (tertiary alicyclic amines) is 1. The highest BCUT2D eigenvalue weighted by Gasteiger charge is 2.28. The minimum Gasteiger partial charge on any atom is -0.339 e. The summed E-state index contributed by atoms with van der Waals surface area (Å²) >= 11 is 0. The van der Waals surface area contributed by atoms with Crippen molar-refractivity contribution in [3.05, 3.63) is 35.4 Å². The summed E-state index contributed by atoms with van der Waals surface area (Å²) < 4.78 is 0. The van der Waals surface area contributed by atoms with Gasteiger partial charge in [0, 0.05) is 25.6 Å². The fourth-order valence-corrected chi connectivity index (χ4v) is 2.75. The first-order valence-corrected chi connectivity index (χ1v) is 7.20. The fourth-order valence-electron chi connectivity index (χ4n) is 2.75. The molecule has 1 saturated heterocycles. The van der Waals surface area contributed by atoms with Crippen LogP contribution in [0.3, 0.4) is 0 Å². The molecule has 1 N–H and O–H groups in total. The molecule has 1 unspecified atom stereocenters. The zero-order valence-corrected chi connectivity index (χ0v) is 12.0. The normalized spacial score (nSPS) is 18.8. The molecule has 0 saturated carbocycles. The van der Waals surface area contributed by atoms with Crippen LogP contribution in [-0.2, 0) is 11.2 Å². The number of benzene rings is 1. The summed E-state index contributed by atoms with van der Waals surface area (Å²) in [6, 6.07) is 9.06. The zero-order chi connectivity index (χ0) is 13.7. The number of carbonyl (C=O) groups is 1. The van der Waals surface area contributed by atoms with Gasteiger partial charge in [0.2, 0.25) is 5.91 Å². The van der Waals surface area contributed by atoms with Crippen LogP contribution >= 0.6 is 0 Å². The minimum absolute atomic E-state index is 0.295. The molecule has 1 heterocycles. The lowest BCUT2D eigenvalue weighted by Crippen LogP contribution is -2.37. The maximum Gasteiger partial charge on any atom is 0.224 e. The van der Waals surface area contributed by atoms with Crippen LogP contribution in [0.5, 0.6) is 0 Å². The highest BCUT2D eigenvalue weighted by atomic mass is 16.2. The lowest BCUT2D eigenvalue weighted by Gasteiger charge is -2.25. The second-order valence-corrected chi connectivity index (χ2v) is 5.43. The van der Waals surface area contributed by atoms with Gasteiger partial charge in [-0.2, -0.15) is 0 Å². The van der Waals surface area contributed by atoms with Gasteiger partial charge in [-0.3, -0.25) is 4.79 Å². The van der Waals surface area contributed by atoms with Crippen LogP contribution in [0.4, 0.5) is 0 Å². The van der Waals surface area contributed by atoms with E-state index in [1.807, 2.05) is 7.05 Å². The van der Waals surface area contributed by atoms with E-state index in [1.165, 1.54) is 11.1 Å². The van der Waals surface area contributed by atoms with Gasteiger partial charge in [0.05, 0.1) is 0 Å². The van der Waals surface area contributed by atoms with E-state index in [-0.39, 0.29) is 0 Å². The van der Waals surface area contributed by atoms with E-state index in [0.29, 0.717) is 18.4 Å². The average molecular weight is 260 g/mol. The molecule has 1 aromatic carbocycles. The smallest absolute Gasteiger partial charge is 0.224 e. The summed E-state index contributed by atoms with van der Waals surface area (Å²) in [4.78, 5) is 14.2. The predicted octanol–water partition coefficient (Wildman–Crippen LogP) is 2.14. The number of carbonyl (C=O) groups excluding carboxylic acids is 1. The van der Waals surface area contributed by atoms with Gasteiger partial charge in [0.25, 0.3) is 0 Å². The summed E-state index contributed by atoms with van der Waals surface area (Å²) in [6.07, 6.45) is 3.88. The lowest BCUT2D eigenvalue weighted by molar-refractivity contribution is -0.131. The van der Waals surface area contributed by atoms with Crippen LogP contribution in [-0.4, -0.2) is 37.0 Å². The number of rotatable bonds is 5. The van der Waals surface area contributed by atoms with E-state index in [2.05, 4.69) is 41.4 Å². The first-order chi connectivity index (χ1) is 9.20. The first-order valence-electron chi connectivity index (χ1n) is 7.20. The summed E-state index contributed by atoms with van der Waals surface area (Å²) in [6.45, 7) is 3.80. The Labute approximate surface area is 116 Å². The highest BCUT2D eigenvalue weighted by molar-refractivity contribution is 5.77. The third-order valence-corrected chi connectivity index (χ3v) is 3.88. The number of nitrogens with zero attached hydrogens (tertiary/aromatic N) is 1. The quantitative estimate of drug-likeness (QED) is 0.879. The largest absolute Gasteiger partial charge is 0.339 e. The van der Waals surface area contributed by atoms with Crippen molar-refractivity contribution in [1.82, 2.24) is 10.2 Å². The standard InChI is InChI=1S/C16H24N2O/c1-13-5-7-14(8-6-13)12-15-4-3-11-18(15)16(19)9-10-17-2/h5-8,15,17H,3-4,9-12H2,1-2H3. The summed E-state index contributed by atoms with van der Waals surface area (Å²) in [5.74, 6) is 0.295. The van der Waals surface area contributed by atoms with Gasteiger partial charge in [-0.05, 0) is 38.8 Å². The van der Waals surface area contributed by atoms with Gasteiger partial charge in [0.15, 0.2) is 0 Å². The van der Waals surface area contributed by atoms with Gasteiger partial charge in [-0.1, -0.05) is 29.8 Å². The molecule has 1 amide bonds. The van der Waals surface area contributed by atoms with Crippen molar-refractivity contribution >= 4 is 5.91 Å². The SMILES string of the molecule is CNCCC(=O)N1CCCC1Cc1ccc(C)cc1. The summed E-state index contributed by atoms with van der Waals surface area (Å²) in [5, 5.41) is 3.05. The number of hydrogen-bond acceptors (Lipinski definition) is 2. The van der Waals surface area contributed by atoms with E-state index in [9.17, 15) is 4.79 Å². The zero-order valence-electron chi connectivity index (χ0n) is 12.0. The van der Waals surface area contributed by atoms with Crippen LogP contribution in [0.2, 0.25) is 0 Å². The van der Waals surface area contributed by atoms with Gasteiger partial charge < -0.3 is 10.2 Å². The molecule has 0 spiro atoms. The van der Waals surface area contributed by atoms with E-state index >= 15 is 0 Å². The monoisotopic (exact) mass is 260 g/mol. The summed E-state index contributed by atoms with van der Waals surface area (Å²) in [7, 11) is 1.89. The molecule has 1 aliphatic heterocycles. The predicted molar refractivity (Wildman–Crippen MR) is 78.2 cm³/mol. The molecule has 0 aromatic heterocycles. The van der Waals surface area contributed by atoms with E-state index in [4.69, 9.17) is 0 Å². The summed E-state index contributed by atoms with van der Waals surface area (Å²) in [5.41, 5.74) is 2.63. The molecule has 1 aromatic rings. The van der Waals surface area contributed by atoms with Crippen LogP contribution in [0.25, 0.3) is 0 Å². The molecule has 0 aliphatic carbocycles. The molecule has 1 aliphatic rings. The molecule has 19 heavy (non-hydrogen) atoms. The van der Waals surface area contributed by atoms with Gasteiger partial charge in [-0.25, -0.2) is 0 Å². The van der Waals surface area contributed by atoms with Gasteiger partial charge in [0.1, 0.15) is 0 Å². The number of nitrogens with one attached hydrogen (secondary N) is 1. The molecule has 0 radical (unpaired) electrons. The van der Waals surface area contributed by atoms with Gasteiger partial charge >= 0.3 is 0 Å². The average Bonchev–Trinajstić information content (AvgIpc) is 2.87. The third kappa shape index (κ3) is 3.80. The number of hydrogen-bond donors (Lipinski definition) is 1. The Hall–Kier alpha value is -1.35. The maximum absolute atomic E-state index is 12.1. The van der Waals surface area contributed by atoms with E-state index in [1.54, 1.807) is 0 Å². The first kappa shape index (κ1) is 14.1. The minimum atomic E-state index is 0.295. The number of amides is 1. The Morgan fingerprint density at radius 2 is 2.11 bits per heavy atom. The molecule has 3 heteroatoms. The molecule has 1 atom stereocenters. The Balaban J connectivity index is 1.95. The molecular formula is C16H24N2O. The molecule has 2 rings (SSSR count). The maximum atomic E-state index is 12.1. The third-order valence-electron chi connectivity index (χ3n) is 3.88. The highest BCUT2D eigenvalue weighted by Crippen LogP contribution is 2.22. The molecule has 1 fully saturated rings. The van der Waals surface area contributed by atoms with Crippen molar-refractivity contribution in [2.45, 2.75) is 38.6 Å². The van der Waals surface area contributed by atoms with Crippen LogP contribution in [0.1, 0.15) is 30.4 Å². The Bertz CT molecular complexity index is 413. The molecule has 0 bridgehead atoms. The van der Waals surface area contributed by atoms with Crippen molar-refractivity contribution in [3.8, 4) is 0 Å². The second-order valence-electron chi connectivity index (χ2n) is 5.43. The fraction of sp³-hybridized carbons (Fsp3) is 0.562. The van der Waals surface area contributed by atoms with Crippen molar-refractivity contribution < 1.29 is 4.79 Å². The Kier molecular flexibility index (Phi) is 4.97. The van der Waals surface area contributed by atoms with Gasteiger partial charge in [-0.15, -0.1) is 0 Å². The van der Waals surface area contributed by atoms with E-state index in [0.717, 1.165) is 32.4 Å². The second kappa shape index (κ2) is 6.71. The lowest BCUT2D eigenvalue weighted by atomic mass is 10.0. The van der Waals surface area contributed by atoms with E-state index < -0.39 is 0 Å².